The molecule has 19 heavy (non-hydrogen) atoms. The highest BCUT2D eigenvalue weighted by atomic mass is 16.5. The minimum absolute atomic E-state index is 0.0999. The van der Waals surface area contributed by atoms with Crippen molar-refractivity contribution in [2.75, 3.05) is 25.0 Å². The van der Waals surface area contributed by atoms with E-state index >= 15 is 0 Å². The van der Waals surface area contributed by atoms with Gasteiger partial charge in [-0.3, -0.25) is 4.79 Å². The molecule has 1 aromatic heterocycles. The Balaban J connectivity index is 1.95. The highest BCUT2D eigenvalue weighted by Crippen LogP contribution is 2.12. The molecule has 1 unspecified atom stereocenters. The van der Waals surface area contributed by atoms with Crippen molar-refractivity contribution >= 4 is 11.9 Å². The number of likely N-dealkylation sites (tertiary alicyclic amines) is 1. The van der Waals surface area contributed by atoms with Crippen molar-refractivity contribution in [3.8, 4) is 5.88 Å². The molecule has 1 saturated heterocycles. The Morgan fingerprint density at radius 1 is 1.53 bits per heavy atom. The van der Waals surface area contributed by atoms with Gasteiger partial charge in [0.2, 0.25) is 17.7 Å². The minimum Gasteiger partial charge on any atom is -0.478 e. The summed E-state index contributed by atoms with van der Waals surface area (Å²) in [5, 5.41) is 3.02. The van der Waals surface area contributed by atoms with Gasteiger partial charge in [0.15, 0.2) is 0 Å². The zero-order valence-electron chi connectivity index (χ0n) is 11.4. The molecular formula is C13H20N4O2. The van der Waals surface area contributed by atoms with Gasteiger partial charge in [0.25, 0.3) is 0 Å². The molecular weight excluding hydrogens is 244 g/mol. The third-order valence-corrected chi connectivity index (χ3v) is 3.06. The van der Waals surface area contributed by atoms with Gasteiger partial charge < -0.3 is 15.0 Å². The van der Waals surface area contributed by atoms with Crippen molar-refractivity contribution in [3.63, 3.8) is 0 Å². The molecule has 0 bridgehead atoms. The maximum atomic E-state index is 12.1. The molecule has 0 aromatic carbocycles. The third kappa shape index (κ3) is 3.56. The van der Waals surface area contributed by atoms with Crippen LogP contribution in [0.3, 0.4) is 0 Å². The maximum absolute atomic E-state index is 12.1. The number of ether oxygens (including phenoxy) is 1. The maximum Gasteiger partial charge on any atom is 0.244 e. The first-order valence-corrected chi connectivity index (χ1v) is 6.72. The first-order valence-electron chi connectivity index (χ1n) is 6.72. The summed E-state index contributed by atoms with van der Waals surface area (Å²) >= 11 is 0. The molecule has 1 amide bonds. The van der Waals surface area contributed by atoms with Crippen molar-refractivity contribution < 1.29 is 9.53 Å². The number of carbonyl (C=O) groups is 1. The Hall–Kier alpha value is -1.85. The van der Waals surface area contributed by atoms with Gasteiger partial charge in [-0.2, -0.15) is 4.98 Å². The van der Waals surface area contributed by atoms with Gasteiger partial charge in [-0.05, 0) is 26.7 Å². The Labute approximate surface area is 113 Å². The molecule has 1 aliphatic rings. The van der Waals surface area contributed by atoms with E-state index in [9.17, 15) is 4.79 Å². The molecule has 2 heterocycles. The molecule has 0 saturated carbocycles. The zero-order valence-corrected chi connectivity index (χ0v) is 11.4. The number of rotatable bonds is 5. The summed E-state index contributed by atoms with van der Waals surface area (Å²) in [5.41, 5.74) is 0. The van der Waals surface area contributed by atoms with E-state index in [1.165, 1.54) is 0 Å². The molecule has 1 aromatic rings. The highest BCUT2D eigenvalue weighted by molar-refractivity contribution is 5.84. The van der Waals surface area contributed by atoms with E-state index in [1.807, 2.05) is 18.7 Å². The van der Waals surface area contributed by atoms with Crippen LogP contribution in [0.2, 0.25) is 0 Å². The van der Waals surface area contributed by atoms with Crippen LogP contribution in [0.4, 0.5) is 5.95 Å². The molecule has 0 radical (unpaired) electrons. The summed E-state index contributed by atoms with van der Waals surface area (Å²) in [4.78, 5) is 22.3. The Morgan fingerprint density at radius 2 is 2.26 bits per heavy atom. The third-order valence-electron chi connectivity index (χ3n) is 3.06. The largest absolute Gasteiger partial charge is 0.478 e. The van der Waals surface area contributed by atoms with Gasteiger partial charge >= 0.3 is 0 Å². The lowest BCUT2D eigenvalue weighted by molar-refractivity contribution is -0.130. The first-order chi connectivity index (χ1) is 9.20. The summed E-state index contributed by atoms with van der Waals surface area (Å²) in [7, 11) is 0. The van der Waals surface area contributed by atoms with E-state index in [1.54, 1.807) is 12.3 Å². The summed E-state index contributed by atoms with van der Waals surface area (Å²) in [5.74, 6) is 1.04. The Bertz CT molecular complexity index is 432. The minimum atomic E-state index is -0.324. The number of nitrogens with one attached hydrogen (secondary N) is 1. The SMILES string of the molecule is CCOc1ccnc(NC(C)C(=O)N2CCCC2)n1. The number of nitrogens with zero attached hydrogens (tertiary/aromatic N) is 3. The predicted octanol–water partition coefficient (Wildman–Crippen LogP) is 1.30. The second-order valence-electron chi connectivity index (χ2n) is 4.55. The topological polar surface area (TPSA) is 67.3 Å². The molecule has 1 atom stereocenters. The Morgan fingerprint density at radius 3 is 2.95 bits per heavy atom. The Kier molecular flexibility index (Phi) is 4.54. The van der Waals surface area contributed by atoms with Gasteiger partial charge in [0.05, 0.1) is 6.61 Å². The van der Waals surface area contributed by atoms with Crippen molar-refractivity contribution in [1.82, 2.24) is 14.9 Å². The summed E-state index contributed by atoms with van der Waals surface area (Å²) in [6, 6.07) is 1.37. The number of amides is 1. The normalized spacial score (nSPS) is 16.2. The van der Waals surface area contributed by atoms with Crippen LogP contribution in [0, 0.1) is 0 Å². The fourth-order valence-corrected chi connectivity index (χ4v) is 2.11. The summed E-state index contributed by atoms with van der Waals surface area (Å²) in [6.45, 7) is 5.99. The van der Waals surface area contributed by atoms with Gasteiger partial charge in [-0.1, -0.05) is 0 Å². The summed E-state index contributed by atoms with van der Waals surface area (Å²) < 4.78 is 5.30. The number of carbonyl (C=O) groups excluding carboxylic acids is 1. The second-order valence-corrected chi connectivity index (χ2v) is 4.55. The first kappa shape index (κ1) is 13.6. The van der Waals surface area contributed by atoms with Crippen molar-refractivity contribution in [2.24, 2.45) is 0 Å². The van der Waals surface area contributed by atoms with Gasteiger partial charge in [0, 0.05) is 25.4 Å². The fourth-order valence-electron chi connectivity index (χ4n) is 2.11. The standard InChI is InChI=1S/C13H20N4O2/c1-3-19-11-6-7-14-13(16-11)15-10(2)12(18)17-8-4-5-9-17/h6-7,10H,3-5,8-9H2,1-2H3,(H,14,15,16). The van der Waals surface area contributed by atoms with Crippen LogP contribution in [0.15, 0.2) is 12.3 Å². The highest BCUT2D eigenvalue weighted by Gasteiger charge is 2.23. The van der Waals surface area contributed by atoms with Gasteiger partial charge in [-0.15, -0.1) is 0 Å². The van der Waals surface area contributed by atoms with Gasteiger partial charge in [0.1, 0.15) is 6.04 Å². The van der Waals surface area contributed by atoms with E-state index in [-0.39, 0.29) is 11.9 Å². The molecule has 1 fully saturated rings. The number of hydrogen-bond acceptors (Lipinski definition) is 5. The van der Waals surface area contributed by atoms with E-state index in [0.717, 1.165) is 25.9 Å². The number of anilines is 1. The van der Waals surface area contributed by atoms with Crippen molar-refractivity contribution in [2.45, 2.75) is 32.7 Å². The lowest BCUT2D eigenvalue weighted by Gasteiger charge is -2.21. The van der Waals surface area contributed by atoms with E-state index in [4.69, 9.17) is 4.74 Å². The average molecular weight is 264 g/mol. The van der Waals surface area contributed by atoms with Gasteiger partial charge in [-0.25, -0.2) is 4.98 Å². The van der Waals surface area contributed by atoms with Crippen LogP contribution in [-0.2, 0) is 4.79 Å². The number of hydrogen-bond donors (Lipinski definition) is 1. The zero-order chi connectivity index (χ0) is 13.7. The lowest BCUT2D eigenvalue weighted by atomic mass is 10.3. The van der Waals surface area contributed by atoms with Crippen LogP contribution < -0.4 is 10.1 Å². The molecule has 0 spiro atoms. The summed E-state index contributed by atoms with van der Waals surface area (Å²) in [6.07, 6.45) is 3.80. The van der Waals surface area contributed by atoms with E-state index in [2.05, 4.69) is 15.3 Å². The van der Waals surface area contributed by atoms with Crippen LogP contribution in [0.1, 0.15) is 26.7 Å². The average Bonchev–Trinajstić information content (AvgIpc) is 2.92. The molecule has 104 valence electrons. The molecule has 6 nitrogen and oxygen atoms in total. The smallest absolute Gasteiger partial charge is 0.244 e. The van der Waals surface area contributed by atoms with Crippen LogP contribution >= 0.6 is 0 Å². The second kappa shape index (κ2) is 6.36. The number of aromatic nitrogens is 2. The molecule has 1 N–H and O–H groups in total. The fraction of sp³-hybridized carbons (Fsp3) is 0.615. The molecule has 2 rings (SSSR count). The predicted molar refractivity (Wildman–Crippen MR) is 72.1 cm³/mol. The molecule has 0 aliphatic carbocycles. The van der Waals surface area contributed by atoms with E-state index in [0.29, 0.717) is 18.4 Å². The lowest BCUT2D eigenvalue weighted by Crippen LogP contribution is -2.39. The molecule has 1 aliphatic heterocycles. The van der Waals surface area contributed by atoms with Crippen LogP contribution in [0.5, 0.6) is 5.88 Å². The quantitative estimate of drug-likeness (QED) is 0.868. The van der Waals surface area contributed by atoms with E-state index < -0.39 is 0 Å². The van der Waals surface area contributed by atoms with Crippen molar-refractivity contribution in [1.29, 1.82) is 0 Å². The van der Waals surface area contributed by atoms with Crippen LogP contribution in [0.25, 0.3) is 0 Å². The molecule has 6 heteroatoms. The van der Waals surface area contributed by atoms with Crippen LogP contribution in [-0.4, -0.2) is 46.5 Å². The van der Waals surface area contributed by atoms with Crippen molar-refractivity contribution in [3.05, 3.63) is 12.3 Å². The monoisotopic (exact) mass is 264 g/mol.